The number of benzene rings is 3. The second-order valence-corrected chi connectivity index (χ2v) is 9.04. The molecule has 0 aliphatic carbocycles. The molecule has 0 spiro atoms. The summed E-state index contributed by atoms with van der Waals surface area (Å²) < 4.78 is 5.73. The highest BCUT2D eigenvalue weighted by molar-refractivity contribution is 6.46. The number of nitrogens with zero attached hydrogens (tertiary/aromatic N) is 2. The molecule has 36 heavy (non-hydrogen) atoms. The fraction of sp³-hybridized carbons (Fsp3) is 0.214. The summed E-state index contributed by atoms with van der Waals surface area (Å²) >= 11 is 0. The van der Waals surface area contributed by atoms with Crippen LogP contribution in [0.4, 0.5) is 5.69 Å². The number of amides is 1. The Balaban J connectivity index is 1.60. The van der Waals surface area contributed by atoms with Crippen molar-refractivity contribution in [3.8, 4) is 5.75 Å². The minimum absolute atomic E-state index is 0.00540. The molecule has 8 nitrogen and oxygen atoms in total. The molecule has 3 aromatic rings. The van der Waals surface area contributed by atoms with Gasteiger partial charge < -0.3 is 14.7 Å². The van der Waals surface area contributed by atoms with E-state index in [1.807, 2.05) is 37.3 Å². The molecule has 0 saturated carbocycles. The predicted molar refractivity (Wildman–Crippen MR) is 132 cm³/mol. The number of aliphatic hydroxyl groups is 1. The fourth-order valence-corrected chi connectivity index (χ4v) is 4.88. The van der Waals surface area contributed by atoms with E-state index in [0.29, 0.717) is 24.0 Å². The van der Waals surface area contributed by atoms with Crippen molar-refractivity contribution in [2.45, 2.75) is 31.9 Å². The largest absolute Gasteiger partial charge is 0.507 e. The Bertz CT molecular complexity index is 1400. The van der Waals surface area contributed by atoms with Crippen LogP contribution in [0.5, 0.6) is 5.75 Å². The Hall–Kier alpha value is -4.46. The van der Waals surface area contributed by atoms with Crippen LogP contribution in [0.25, 0.3) is 5.76 Å². The molecule has 1 saturated heterocycles. The molecule has 1 N–H and O–H groups in total. The smallest absolute Gasteiger partial charge is 0.295 e. The number of hydrogen-bond acceptors (Lipinski definition) is 6. The molecule has 0 bridgehead atoms. The van der Waals surface area contributed by atoms with Crippen LogP contribution in [0.2, 0.25) is 0 Å². The summed E-state index contributed by atoms with van der Waals surface area (Å²) in [5.41, 5.74) is 2.41. The van der Waals surface area contributed by atoms with Gasteiger partial charge in [0.2, 0.25) is 0 Å². The molecule has 2 aliphatic rings. The van der Waals surface area contributed by atoms with E-state index in [2.05, 4.69) is 0 Å². The van der Waals surface area contributed by atoms with Gasteiger partial charge in [-0.3, -0.25) is 19.7 Å². The van der Waals surface area contributed by atoms with Crippen LogP contribution in [0.1, 0.15) is 35.2 Å². The van der Waals surface area contributed by atoms with Crippen molar-refractivity contribution in [1.82, 2.24) is 4.90 Å². The second kappa shape index (κ2) is 9.30. The third-order valence-electron chi connectivity index (χ3n) is 6.59. The summed E-state index contributed by atoms with van der Waals surface area (Å²) in [5, 5.41) is 22.8. The average Bonchev–Trinajstić information content (AvgIpc) is 3.38. The number of nitro groups is 1. The molecule has 182 valence electrons. The van der Waals surface area contributed by atoms with Gasteiger partial charge in [-0.2, -0.15) is 0 Å². The number of carbonyl (C=O) groups is 2. The number of hydrogen-bond donors (Lipinski definition) is 1. The molecule has 0 unspecified atom stereocenters. The van der Waals surface area contributed by atoms with Crippen molar-refractivity contribution in [2.75, 3.05) is 6.54 Å². The van der Waals surface area contributed by atoms with Crippen LogP contribution in [-0.2, 0) is 22.4 Å². The van der Waals surface area contributed by atoms with E-state index in [0.717, 1.165) is 16.9 Å². The number of fused-ring (bicyclic) bond motifs is 1. The summed E-state index contributed by atoms with van der Waals surface area (Å²) in [6.45, 7) is 2.15. The van der Waals surface area contributed by atoms with Crippen LogP contribution in [-0.4, -0.2) is 39.3 Å². The van der Waals surface area contributed by atoms with Gasteiger partial charge in [0, 0.05) is 30.7 Å². The maximum Gasteiger partial charge on any atom is 0.295 e. The number of aliphatic hydroxyl groups excluding tert-OH is 1. The fourth-order valence-electron chi connectivity index (χ4n) is 4.88. The van der Waals surface area contributed by atoms with Crippen molar-refractivity contribution in [3.63, 3.8) is 0 Å². The van der Waals surface area contributed by atoms with Crippen LogP contribution in [0.15, 0.2) is 78.4 Å². The minimum Gasteiger partial charge on any atom is -0.507 e. The van der Waals surface area contributed by atoms with Gasteiger partial charge in [0.05, 0.1) is 16.5 Å². The third-order valence-corrected chi connectivity index (χ3v) is 6.59. The summed E-state index contributed by atoms with van der Waals surface area (Å²) in [6.07, 6.45) is 1.15. The highest BCUT2D eigenvalue weighted by Crippen LogP contribution is 2.41. The van der Waals surface area contributed by atoms with Gasteiger partial charge in [-0.15, -0.1) is 0 Å². The van der Waals surface area contributed by atoms with E-state index in [4.69, 9.17) is 4.74 Å². The quantitative estimate of drug-likeness (QED) is 0.180. The lowest BCUT2D eigenvalue weighted by atomic mass is 9.94. The molecule has 8 heteroatoms. The number of Topliss-reactive ketones (excluding diaryl/α,β-unsaturated/α-hetero) is 1. The van der Waals surface area contributed by atoms with Crippen LogP contribution in [0, 0.1) is 10.1 Å². The highest BCUT2D eigenvalue weighted by Gasteiger charge is 2.46. The summed E-state index contributed by atoms with van der Waals surface area (Å²) in [6, 6.07) is 19.5. The normalized spacial score (nSPS) is 20.3. The zero-order chi connectivity index (χ0) is 25.4. The molecular weight excluding hydrogens is 460 g/mol. The van der Waals surface area contributed by atoms with E-state index in [-0.39, 0.29) is 29.7 Å². The second-order valence-electron chi connectivity index (χ2n) is 9.04. The Morgan fingerprint density at radius 3 is 2.61 bits per heavy atom. The van der Waals surface area contributed by atoms with Gasteiger partial charge >= 0.3 is 0 Å². The van der Waals surface area contributed by atoms with E-state index in [9.17, 15) is 24.8 Å². The van der Waals surface area contributed by atoms with Gasteiger partial charge in [-0.1, -0.05) is 42.5 Å². The minimum atomic E-state index is -0.961. The zero-order valence-corrected chi connectivity index (χ0v) is 19.6. The van der Waals surface area contributed by atoms with Gasteiger partial charge in [-0.25, -0.2) is 0 Å². The van der Waals surface area contributed by atoms with Crippen molar-refractivity contribution in [3.05, 3.63) is 111 Å². The van der Waals surface area contributed by atoms with Gasteiger partial charge in [0.15, 0.2) is 0 Å². The summed E-state index contributed by atoms with van der Waals surface area (Å²) in [7, 11) is 0. The first-order valence-electron chi connectivity index (χ1n) is 11.7. The van der Waals surface area contributed by atoms with Gasteiger partial charge in [0.1, 0.15) is 17.6 Å². The number of ether oxygens (including phenoxy) is 1. The van der Waals surface area contributed by atoms with Crippen LogP contribution >= 0.6 is 0 Å². The average molecular weight is 485 g/mol. The Morgan fingerprint density at radius 1 is 1.08 bits per heavy atom. The first kappa shape index (κ1) is 23.3. The van der Waals surface area contributed by atoms with Crippen molar-refractivity contribution in [2.24, 2.45) is 0 Å². The molecular formula is C28H24N2O6. The number of nitro benzene ring substituents is 1. The standard InChI is InChI=1S/C28H24N2O6/c1-17-14-21-15-20(10-11-23(21)36-17)26(31)24-25(19-8-5-9-22(16-19)30(34)35)29(28(33)27(24)32)13-12-18-6-3-2-4-7-18/h2-11,15-17,25,31H,12-14H2,1H3/t17-,25-/m1/s1. The lowest BCUT2D eigenvalue weighted by Crippen LogP contribution is -2.31. The van der Waals surface area contributed by atoms with E-state index in [1.165, 1.54) is 23.1 Å². The van der Waals surface area contributed by atoms with Gasteiger partial charge in [0.25, 0.3) is 17.4 Å². The molecule has 5 rings (SSSR count). The van der Waals surface area contributed by atoms with E-state index in [1.54, 1.807) is 24.3 Å². The molecule has 1 amide bonds. The third kappa shape index (κ3) is 4.22. The van der Waals surface area contributed by atoms with Gasteiger partial charge in [-0.05, 0) is 48.2 Å². The van der Waals surface area contributed by atoms with Crippen molar-refractivity contribution >= 4 is 23.1 Å². The monoisotopic (exact) mass is 484 g/mol. The summed E-state index contributed by atoms with van der Waals surface area (Å²) in [5.74, 6) is -1.16. The highest BCUT2D eigenvalue weighted by atomic mass is 16.6. The van der Waals surface area contributed by atoms with Crippen molar-refractivity contribution < 1.29 is 24.4 Å². The topological polar surface area (TPSA) is 110 Å². The van der Waals surface area contributed by atoms with Crippen molar-refractivity contribution in [1.29, 1.82) is 0 Å². The molecule has 3 aromatic carbocycles. The number of non-ortho nitro benzene ring substituents is 1. The molecule has 0 aromatic heterocycles. The first-order valence-corrected chi connectivity index (χ1v) is 11.7. The molecule has 2 heterocycles. The zero-order valence-electron chi connectivity index (χ0n) is 19.6. The Labute approximate surface area is 207 Å². The maximum absolute atomic E-state index is 13.3. The van der Waals surface area contributed by atoms with Crippen LogP contribution < -0.4 is 4.74 Å². The van der Waals surface area contributed by atoms with E-state index < -0.39 is 22.7 Å². The van der Waals surface area contributed by atoms with Crippen LogP contribution in [0.3, 0.4) is 0 Å². The Kier molecular flexibility index (Phi) is 6.01. The Morgan fingerprint density at radius 2 is 1.86 bits per heavy atom. The molecule has 0 radical (unpaired) electrons. The number of carbonyl (C=O) groups excluding carboxylic acids is 2. The first-order chi connectivity index (χ1) is 17.3. The number of likely N-dealkylation sites (tertiary alicyclic amines) is 1. The number of ketones is 1. The SMILES string of the molecule is C[C@@H]1Cc2cc(C(O)=C3C(=O)C(=O)N(CCc4ccccc4)[C@@H]3c3cccc([N+](=O)[O-])c3)ccc2O1. The lowest BCUT2D eigenvalue weighted by Gasteiger charge is -2.25. The molecule has 2 aliphatic heterocycles. The maximum atomic E-state index is 13.3. The number of rotatable bonds is 6. The predicted octanol–water partition coefficient (Wildman–Crippen LogP) is 4.58. The lowest BCUT2D eigenvalue weighted by molar-refractivity contribution is -0.384. The molecule has 2 atom stereocenters. The summed E-state index contributed by atoms with van der Waals surface area (Å²) in [4.78, 5) is 38.8. The molecule has 1 fully saturated rings. The van der Waals surface area contributed by atoms with E-state index >= 15 is 0 Å².